The van der Waals surface area contributed by atoms with Gasteiger partial charge >= 0.3 is 0 Å². The van der Waals surface area contributed by atoms with E-state index in [1.54, 1.807) is 0 Å². The molecule has 0 radical (unpaired) electrons. The van der Waals surface area contributed by atoms with Gasteiger partial charge in [0.15, 0.2) is 0 Å². The van der Waals surface area contributed by atoms with Crippen LogP contribution in [0.3, 0.4) is 0 Å². The average Bonchev–Trinajstić information content (AvgIpc) is 2.05. The Labute approximate surface area is 69.5 Å². The Morgan fingerprint density at radius 3 is 2.75 bits per heavy atom. The van der Waals surface area contributed by atoms with Gasteiger partial charge in [0.05, 0.1) is 4.92 Å². The van der Waals surface area contributed by atoms with Crippen LogP contribution in [0.1, 0.15) is 5.56 Å². The Morgan fingerprint density at radius 1 is 1.58 bits per heavy atom. The van der Waals surface area contributed by atoms with Gasteiger partial charge in [0, 0.05) is 23.4 Å². The number of nitro benzene ring substituents is 1. The smallest absolute Gasteiger partial charge is 0.270 e. The summed E-state index contributed by atoms with van der Waals surface area (Å²) in [5.41, 5.74) is 6.62. The molecule has 0 saturated carbocycles. The molecule has 1 aromatic carbocycles. The second kappa shape index (κ2) is 3.04. The summed E-state index contributed by atoms with van der Waals surface area (Å²) in [6, 6.07) is 4.25. The molecule has 4 nitrogen and oxygen atoms in total. The number of hydrogen-bond donors (Lipinski definition) is 1. The minimum absolute atomic E-state index is 0.0269. The van der Waals surface area contributed by atoms with Gasteiger partial charge in [-0.05, 0) is 6.07 Å². The first-order chi connectivity index (χ1) is 5.65. The van der Waals surface area contributed by atoms with Gasteiger partial charge in [-0.1, -0.05) is 12.7 Å². The lowest BCUT2D eigenvalue weighted by molar-refractivity contribution is -0.384. The number of hydrogen-bond acceptors (Lipinski definition) is 3. The fraction of sp³-hybridized carbons (Fsp3) is 0. The van der Waals surface area contributed by atoms with Gasteiger partial charge in [-0.2, -0.15) is 0 Å². The Bertz CT molecular complexity index is 334. The fourth-order valence-corrected chi connectivity index (χ4v) is 0.852. The third kappa shape index (κ3) is 1.42. The molecule has 0 amide bonds. The minimum atomic E-state index is -0.466. The molecule has 0 aliphatic heterocycles. The molecule has 0 bridgehead atoms. The SMILES string of the molecule is C=Cc1cc([N+](=O)[O-])ccc1N. The number of nitro groups is 1. The first kappa shape index (κ1) is 8.26. The number of benzene rings is 1. The van der Waals surface area contributed by atoms with Crippen molar-refractivity contribution in [3.8, 4) is 0 Å². The van der Waals surface area contributed by atoms with Crippen molar-refractivity contribution in [3.63, 3.8) is 0 Å². The molecule has 0 fully saturated rings. The number of non-ortho nitro benzene ring substituents is 1. The zero-order valence-corrected chi connectivity index (χ0v) is 6.36. The molecular formula is C8H8N2O2. The van der Waals surface area contributed by atoms with E-state index in [0.29, 0.717) is 11.3 Å². The van der Waals surface area contributed by atoms with Crippen LogP contribution < -0.4 is 5.73 Å². The predicted molar refractivity (Wildman–Crippen MR) is 47.6 cm³/mol. The first-order valence-electron chi connectivity index (χ1n) is 3.31. The summed E-state index contributed by atoms with van der Waals surface area (Å²) in [7, 11) is 0. The molecule has 0 aliphatic carbocycles. The van der Waals surface area contributed by atoms with E-state index in [2.05, 4.69) is 6.58 Å². The lowest BCUT2D eigenvalue weighted by atomic mass is 10.1. The number of nitrogens with zero attached hydrogens (tertiary/aromatic N) is 1. The summed E-state index contributed by atoms with van der Waals surface area (Å²) < 4.78 is 0. The van der Waals surface area contributed by atoms with Crippen LogP contribution in [0.15, 0.2) is 24.8 Å². The molecule has 2 N–H and O–H groups in total. The lowest BCUT2D eigenvalue weighted by Crippen LogP contribution is -1.92. The van der Waals surface area contributed by atoms with Crippen LogP contribution in [0, 0.1) is 10.1 Å². The summed E-state index contributed by atoms with van der Waals surface area (Å²) in [5.74, 6) is 0. The van der Waals surface area contributed by atoms with Crippen LogP contribution in [-0.4, -0.2) is 4.92 Å². The van der Waals surface area contributed by atoms with Gasteiger partial charge in [-0.3, -0.25) is 10.1 Å². The maximum atomic E-state index is 10.3. The highest BCUT2D eigenvalue weighted by atomic mass is 16.6. The Kier molecular flexibility index (Phi) is 2.09. The Morgan fingerprint density at radius 2 is 2.25 bits per heavy atom. The van der Waals surface area contributed by atoms with E-state index in [-0.39, 0.29) is 5.69 Å². The van der Waals surface area contributed by atoms with Crippen LogP contribution in [0.25, 0.3) is 6.08 Å². The molecule has 0 unspecified atom stereocenters. The van der Waals surface area contributed by atoms with Crippen molar-refractivity contribution in [1.29, 1.82) is 0 Å². The highest BCUT2D eigenvalue weighted by Gasteiger charge is 2.06. The molecule has 0 heterocycles. The summed E-state index contributed by atoms with van der Waals surface area (Å²) in [6.45, 7) is 3.49. The normalized spacial score (nSPS) is 9.33. The van der Waals surface area contributed by atoms with E-state index in [1.807, 2.05) is 0 Å². The summed E-state index contributed by atoms with van der Waals surface area (Å²) in [6.07, 6.45) is 1.49. The summed E-state index contributed by atoms with van der Waals surface area (Å²) in [5, 5.41) is 10.3. The van der Waals surface area contributed by atoms with Gasteiger partial charge in [-0.25, -0.2) is 0 Å². The molecule has 0 saturated heterocycles. The molecule has 0 aromatic heterocycles. The molecule has 0 atom stereocenters. The van der Waals surface area contributed by atoms with Gasteiger partial charge in [0.2, 0.25) is 0 Å². The van der Waals surface area contributed by atoms with Gasteiger partial charge in [-0.15, -0.1) is 0 Å². The zero-order chi connectivity index (χ0) is 9.14. The van der Waals surface area contributed by atoms with E-state index in [1.165, 1.54) is 24.3 Å². The zero-order valence-electron chi connectivity index (χ0n) is 6.36. The average molecular weight is 164 g/mol. The largest absolute Gasteiger partial charge is 0.398 e. The highest BCUT2D eigenvalue weighted by Crippen LogP contribution is 2.19. The number of rotatable bonds is 2. The van der Waals surface area contributed by atoms with Crippen LogP contribution in [0.5, 0.6) is 0 Å². The molecule has 1 rings (SSSR count). The Hall–Kier alpha value is -1.84. The third-order valence-electron chi connectivity index (χ3n) is 1.50. The second-order valence-electron chi connectivity index (χ2n) is 2.27. The minimum Gasteiger partial charge on any atom is -0.398 e. The third-order valence-corrected chi connectivity index (χ3v) is 1.50. The van der Waals surface area contributed by atoms with Crippen molar-refractivity contribution >= 4 is 17.5 Å². The highest BCUT2D eigenvalue weighted by molar-refractivity contribution is 5.66. The van der Waals surface area contributed by atoms with Gasteiger partial charge in [0.25, 0.3) is 5.69 Å². The van der Waals surface area contributed by atoms with Crippen LogP contribution >= 0.6 is 0 Å². The van der Waals surface area contributed by atoms with E-state index in [0.717, 1.165) is 0 Å². The first-order valence-corrected chi connectivity index (χ1v) is 3.31. The maximum Gasteiger partial charge on any atom is 0.270 e. The monoisotopic (exact) mass is 164 g/mol. The van der Waals surface area contributed by atoms with Crippen LogP contribution in [0.2, 0.25) is 0 Å². The molecule has 4 heteroatoms. The van der Waals surface area contributed by atoms with Crippen molar-refractivity contribution < 1.29 is 4.92 Å². The van der Waals surface area contributed by atoms with E-state index in [4.69, 9.17) is 5.73 Å². The van der Waals surface area contributed by atoms with E-state index < -0.39 is 4.92 Å². The van der Waals surface area contributed by atoms with E-state index in [9.17, 15) is 10.1 Å². The quantitative estimate of drug-likeness (QED) is 0.411. The van der Waals surface area contributed by atoms with Gasteiger partial charge < -0.3 is 5.73 Å². The Balaban J connectivity index is 3.22. The van der Waals surface area contributed by atoms with Crippen molar-refractivity contribution in [2.75, 3.05) is 5.73 Å². The molecule has 12 heavy (non-hydrogen) atoms. The van der Waals surface area contributed by atoms with Gasteiger partial charge in [0.1, 0.15) is 0 Å². The second-order valence-corrected chi connectivity index (χ2v) is 2.27. The fourth-order valence-electron chi connectivity index (χ4n) is 0.852. The van der Waals surface area contributed by atoms with Crippen molar-refractivity contribution in [2.24, 2.45) is 0 Å². The summed E-state index contributed by atoms with van der Waals surface area (Å²) in [4.78, 5) is 9.84. The summed E-state index contributed by atoms with van der Waals surface area (Å²) >= 11 is 0. The van der Waals surface area contributed by atoms with Crippen LogP contribution in [0.4, 0.5) is 11.4 Å². The van der Waals surface area contributed by atoms with Crippen molar-refractivity contribution in [2.45, 2.75) is 0 Å². The molecule has 1 aromatic rings. The standard InChI is InChI=1S/C8H8N2O2/c1-2-6-5-7(10(11)12)3-4-8(6)9/h2-5H,1,9H2. The topological polar surface area (TPSA) is 69.2 Å². The number of nitrogen functional groups attached to an aromatic ring is 1. The number of anilines is 1. The van der Waals surface area contributed by atoms with Crippen molar-refractivity contribution in [3.05, 3.63) is 40.5 Å². The number of nitrogens with two attached hydrogens (primary N) is 1. The molecule has 0 spiro atoms. The van der Waals surface area contributed by atoms with Crippen molar-refractivity contribution in [1.82, 2.24) is 0 Å². The lowest BCUT2D eigenvalue weighted by Gasteiger charge is -1.98. The molecular weight excluding hydrogens is 156 g/mol. The maximum absolute atomic E-state index is 10.3. The predicted octanol–water partition coefficient (Wildman–Crippen LogP) is 1.82. The van der Waals surface area contributed by atoms with Crippen LogP contribution in [-0.2, 0) is 0 Å². The molecule has 0 aliphatic rings. The molecule has 62 valence electrons. The van der Waals surface area contributed by atoms with E-state index >= 15 is 0 Å².